The van der Waals surface area contributed by atoms with E-state index in [0.29, 0.717) is 19.4 Å². The van der Waals surface area contributed by atoms with Gasteiger partial charge in [0.2, 0.25) is 11.8 Å². The average Bonchev–Trinajstić information content (AvgIpc) is 2.84. The van der Waals surface area contributed by atoms with Gasteiger partial charge in [-0.05, 0) is 12.5 Å². The van der Waals surface area contributed by atoms with Crippen molar-refractivity contribution in [3.05, 3.63) is 18.0 Å². The Morgan fingerprint density at radius 2 is 2.53 bits per heavy atom. The van der Waals surface area contributed by atoms with E-state index in [1.54, 1.807) is 12.3 Å². The van der Waals surface area contributed by atoms with E-state index in [2.05, 4.69) is 20.8 Å². The molecule has 15 heavy (non-hydrogen) atoms. The number of nitrogens with one attached hydrogen (secondary N) is 3. The van der Waals surface area contributed by atoms with Crippen LogP contribution in [0.15, 0.2) is 12.3 Å². The fourth-order valence-corrected chi connectivity index (χ4v) is 1.50. The van der Waals surface area contributed by atoms with Crippen LogP contribution in [-0.2, 0) is 16.1 Å². The number of aromatic amines is 1. The second kappa shape index (κ2) is 4.12. The largest absolute Gasteiger partial charge is 0.349 e. The van der Waals surface area contributed by atoms with Gasteiger partial charge in [0.1, 0.15) is 6.04 Å². The Labute approximate surface area is 86.4 Å². The van der Waals surface area contributed by atoms with E-state index in [0.717, 1.165) is 5.69 Å². The Bertz CT molecular complexity index is 360. The zero-order valence-electron chi connectivity index (χ0n) is 8.12. The van der Waals surface area contributed by atoms with Gasteiger partial charge in [-0.2, -0.15) is 5.10 Å². The van der Waals surface area contributed by atoms with Crippen LogP contribution in [0.1, 0.15) is 18.5 Å². The maximum absolute atomic E-state index is 11.5. The average molecular weight is 208 g/mol. The Morgan fingerprint density at radius 1 is 1.67 bits per heavy atom. The fourth-order valence-electron chi connectivity index (χ4n) is 1.50. The molecule has 1 fully saturated rings. The van der Waals surface area contributed by atoms with Crippen molar-refractivity contribution in [2.45, 2.75) is 25.4 Å². The predicted octanol–water partition coefficient (Wildman–Crippen LogP) is -0.696. The van der Waals surface area contributed by atoms with Gasteiger partial charge in [0.15, 0.2) is 0 Å². The molecule has 0 radical (unpaired) electrons. The van der Waals surface area contributed by atoms with Crippen LogP contribution in [0.3, 0.4) is 0 Å². The van der Waals surface area contributed by atoms with Crippen LogP contribution in [0, 0.1) is 0 Å². The first-order valence-electron chi connectivity index (χ1n) is 4.81. The first-order valence-corrected chi connectivity index (χ1v) is 4.81. The van der Waals surface area contributed by atoms with Crippen molar-refractivity contribution < 1.29 is 9.59 Å². The van der Waals surface area contributed by atoms with Gasteiger partial charge in [-0.15, -0.1) is 0 Å². The van der Waals surface area contributed by atoms with Gasteiger partial charge < -0.3 is 10.6 Å². The molecule has 1 saturated heterocycles. The summed E-state index contributed by atoms with van der Waals surface area (Å²) in [5.41, 5.74) is 0.840. The minimum Gasteiger partial charge on any atom is -0.349 e. The second-order valence-corrected chi connectivity index (χ2v) is 3.46. The SMILES string of the molecule is O=C1CCC(C(=O)NCc2ccn[nH]2)N1. The molecular formula is C9H12N4O2. The van der Waals surface area contributed by atoms with Gasteiger partial charge in [-0.25, -0.2) is 0 Å². The lowest BCUT2D eigenvalue weighted by Crippen LogP contribution is -2.41. The Balaban J connectivity index is 1.80. The highest BCUT2D eigenvalue weighted by Gasteiger charge is 2.26. The fraction of sp³-hybridized carbons (Fsp3) is 0.444. The molecule has 0 bridgehead atoms. The minimum absolute atomic E-state index is 0.0586. The summed E-state index contributed by atoms with van der Waals surface area (Å²) in [4.78, 5) is 22.4. The summed E-state index contributed by atoms with van der Waals surface area (Å²) >= 11 is 0. The van der Waals surface area contributed by atoms with Gasteiger partial charge in [0.25, 0.3) is 0 Å². The molecule has 3 N–H and O–H groups in total. The van der Waals surface area contributed by atoms with Crippen molar-refractivity contribution in [3.8, 4) is 0 Å². The highest BCUT2D eigenvalue weighted by molar-refractivity contribution is 5.90. The molecule has 1 aliphatic rings. The molecule has 0 aromatic carbocycles. The number of hydrogen-bond acceptors (Lipinski definition) is 3. The van der Waals surface area contributed by atoms with Crippen LogP contribution in [0.25, 0.3) is 0 Å². The van der Waals surface area contributed by atoms with E-state index in [1.807, 2.05) is 0 Å². The van der Waals surface area contributed by atoms with E-state index >= 15 is 0 Å². The summed E-state index contributed by atoms with van der Waals surface area (Å²) in [7, 11) is 0. The zero-order chi connectivity index (χ0) is 10.7. The Morgan fingerprint density at radius 3 is 3.13 bits per heavy atom. The van der Waals surface area contributed by atoms with Crippen LogP contribution in [0.5, 0.6) is 0 Å². The second-order valence-electron chi connectivity index (χ2n) is 3.46. The molecule has 1 atom stereocenters. The summed E-state index contributed by atoms with van der Waals surface area (Å²) in [6.07, 6.45) is 2.63. The molecule has 0 aliphatic carbocycles. The standard InChI is InChI=1S/C9H12N4O2/c14-8-2-1-7(12-8)9(15)10-5-6-3-4-11-13-6/h3-4,7H,1-2,5H2,(H,10,15)(H,11,13)(H,12,14). The lowest BCUT2D eigenvalue weighted by atomic mass is 10.2. The van der Waals surface area contributed by atoms with Crippen LogP contribution < -0.4 is 10.6 Å². The summed E-state index contributed by atoms with van der Waals surface area (Å²) < 4.78 is 0. The van der Waals surface area contributed by atoms with Crippen molar-refractivity contribution in [1.82, 2.24) is 20.8 Å². The molecule has 1 aromatic rings. The molecule has 6 nitrogen and oxygen atoms in total. The molecule has 1 aromatic heterocycles. The molecule has 1 aliphatic heterocycles. The normalized spacial score (nSPS) is 20.0. The third-order valence-electron chi connectivity index (χ3n) is 2.32. The number of amides is 2. The number of nitrogens with zero attached hydrogens (tertiary/aromatic N) is 1. The lowest BCUT2D eigenvalue weighted by Gasteiger charge is -2.09. The molecule has 2 rings (SSSR count). The summed E-state index contributed by atoms with van der Waals surface area (Å²) in [6, 6.07) is 1.41. The van der Waals surface area contributed by atoms with Gasteiger partial charge >= 0.3 is 0 Å². The molecule has 1 unspecified atom stereocenters. The number of carbonyl (C=O) groups excluding carboxylic acids is 2. The molecule has 80 valence electrons. The highest BCUT2D eigenvalue weighted by Crippen LogP contribution is 2.06. The monoisotopic (exact) mass is 208 g/mol. The molecule has 0 saturated carbocycles. The molecule has 2 heterocycles. The van der Waals surface area contributed by atoms with E-state index in [9.17, 15) is 9.59 Å². The Hall–Kier alpha value is -1.85. The number of H-pyrrole nitrogens is 1. The number of carbonyl (C=O) groups is 2. The van der Waals surface area contributed by atoms with E-state index in [4.69, 9.17) is 0 Å². The highest BCUT2D eigenvalue weighted by atomic mass is 16.2. The van der Waals surface area contributed by atoms with Crippen LogP contribution >= 0.6 is 0 Å². The zero-order valence-corrected chi connectivity index (χ0v) is 8.12. The first-order chi connectivity index (χ1) is 7.25. The molecule has 2 amide bonds. The smallest absolute Gasteiger partial charge is 0.242 e. The topological polar surface area (TPSA) is 86.9 Å². The van der Waals surface area contributed by atoms with Crippen LogP contribution in [-0.4, -0.2) is 28.1 Å². The summed E-state index contributed by atoms with van der Waals surface area (Å²) in [5.74, 6) is -0.202. The third kappa shape index (κ3) is 2.34. The van der Waals surface area contributed by atoms with Crippen molar-refractivity contribution in [3.63, 3.8) is 0 Å². The van der Waals surface area contributed by atoms with E-state index < -0.39 is 0 Å². The summed E-state index contributed by atoms with van der Waals surface area (Å²) in [6.45, 7) is 0.408. The quantitative estimate of drug-likeness (QED) is 0.614. The first kappa shape index (κ1) is 9.70. The van der Waals surface area contributed by atoms with Crippen LogP contribution in [0.4, 0.5) is 0 Å². The van der Waals surface area contributed by atoms with Gasteiger partial charge in [-0.3, -0.25) is 14.7 Å². The third-order valence-corrected chi connectivity index (χ3v) is 2.32. The maximum atomic E-state index is 11.5. The predicted molar refractivity (Wildman–Crippen MR) is 51.6 cm³/mol. The van der Waals surface area contributed by atoms with Crippen molar-refractivity contribution in [2.24, 2.45) is 0 Å². The molecular weight excluding hydrogens is 196 g/mol. The van der Waals surface area contributed by atoms with Gasteiger partial charge in [0.05, 0.1) is 12.2 Å². The maximum Gasteiger partial charge on any atom is 0.242 e. The number of hydrogen-bond donors (Lipinski definition) is 3. The van der Waals surface area contributed by atoms with Gasteiger partial charge in [-0.1, -0.05) is 0 Å². The molecule has 0 spiro atoms. The van der Waals surface area contributed by atoms with Crippen LogP contribution in [0.2, 0.25) is 0 Å². The molecule has 6 heteroatoms. The summed E-state index contributed by atoms with van der Waals surface area (Å²) in [5, 5.41) is 11.8. The Kier molecular flexibility index (Phi) is 2.66. The van der Waals surface area contributed by atoms with Crippen molar-refractivity contribution in [1.29, 1.82) is 0 Å². The van der Waals surface area contributed by atoms with Crippen molar-refractivity contribution in [2.75, 3.05) is 0 Å². The van der Waals surface area contributed by atoms with E-state index in [-0.39, 0.29) is 17.9 Å². The minimum atomic E-state index is -0.375. The van der Waals surface area contributed by atoms with Crippen molar-refractivity contribution >= 4 is 11.8 Å². The van der Waals surface area contributed by atoms with Gasteiger partial charge in [0, 0.05) is 12.6 Å². The number of rotatable bonds is 3. The number of aromatic nitrogens is 2. The van der Waals surface area contributed by atoms with E-state index in [1.165, 1.54) is 0 Å². The lowest BCUT2D eigenvalue weighted by molar-refractivity contribution is -0.125.